The van der Waals surface area contributed by atoms with E-state index in [1.165, 1.54) is 5.57 Å². The molecule has 3 heterocycles. The second kappa shape index (κ2) is 6.94. The Labute approximate surface area is 151 Å². The van der Waals surface area contributed by atoms with Gasteiger partial charge in [0.05, 0.1) is 10.7 Å². The molecule has 0 saturated carbocycles. The minimum Gasteiger partial charge on any atom is -0.317 e. The number of para-hydroxylation sites is 1. The van der Waals surface area contributed by atoms with E-state index in [0.717, 1.165) is 38.3 Å². The van der Waals surface area contributed by atoms with Gasteiger partial charge in [-0.2, -0.15) is 0 Å². The molecule has 128 valence electrons. The van der Waals surface area contributed by atoms with E-state index >= 15 is 0 Å². The minimum atomic E-state index is -0.188. The monoisotopic (exact) mass is 355 g/mol. The van der Waals surface area contributed by atoms with Crippen molar-refractivity contribution in [2.24, 2.45) is 10.9 Å². The number of hydrogen-bond acceptors (Lipinski definition) is 3. The van der Waals surface area contributed by atoms with Gasteiger partial charge in [-0.1, -0.05) is 29.8 Å². The van der Waals surface area contributed by atoms with E-state index in [9.17, 15) is 4.79 Å². The van der Waals surface area contributed by atoms with E-state index < -0.39 is 0 Å². The van der Waals surface area contributed by atoms with E-state index in [-0.39, 0.29) is 5.91 Å². The van der Waals surface area contributed by atoms with Gasteiger partial charge in [-0.15, -0.1) is 0 Å². The molecule has 0 spiro atoms. The smallest absolute Gasteiger partial charge is 0.317 e. The molecule has 3 aliphatic heterocycles. The first-order valence-corrected chi connectivity index (χ1v) is 8.96. The van der Waals surface area contributed by atoms with E-state index in [1.807, 2.05) is 22.8 Å². The molecule has 4 rings (SSSR count). The maximum atomic E-state index is 12.7. The quantitative estimate of drug-likeness (QED) is 0.819. The lowest BCUT2D eigenvalue weighted by atomic mass is 9.88. The first-order chi connectivity index (χ1) is 12.2. The van der Waals surface area contributed by atoms with Gasteiger partial charge >= 0.3 is 5.82 Å². The molecule has 0 atom stereocenters. The van der Waals surface area contributed by atoms with Crippen molar-refractivity contribution in [3.8, 4) is 0 Å². The van der Waals surface area contributed by atoms with E-state index in [4.69, 9.17) is 11.6 Å². The number of halogens is 1. The summed E-state index contributed by atoms with van der Waals surface area (Å²) in [6.07, 6.45) is 8.11. The van der Waals surface area contributed by atoms with Crippen molar-refractivity contribution >= 4 is 35.1 Å². The Morgan fingerprint density at radius 2 is 2.04 bits per heavy atom. The lowest BCUT2D eigenvalue weighted by molar-refractivity contribution is -0.465. The summed E-state index contributed by atoms with van der Waals surface area (Å²) in [7, 11) is 0. The molecule has 1 amide bonds. The zero-order valence-electron chi connectivity index (χ0n) is 13.8. The van der Waals surface area contributed by atoms with Crippen LogP contribution in [0, 0.1) is 5.92 Å². The van der Waals surface area contributed by atoms with Crippen molar-refractivity contribution in [3.63, 3.8) is 0 Å². The van der Waals surface area contributed by atoms with Crippen LogP contribution >= 0.6 is 11.6 Å². The molecule has 0 radical (unpaired) electrons. The molecule has 1 aromatic carbocycles. The molecular weight excluding hydrogens is 336 g/mol. The van der Waals surface area contributed by atoms with E-state index in [1.54, 1.807) is 18.3 Å². The third-order valence-corrected chi connectivity index (χ3v) is 5.22. The Kier molecular flexibility index (Phi) is 4.51. The SMILES string of the molecule is O=C(Nc1ccccc1Cl)C1=[N+]2CC(C3CCNCC3)=CC=C2N=C1. The Morgan fingerprint density at radius 1 is 1.24 bits per heavy atom. The summed E-state index contributed by atoms with van der Waals surface area (Å²) in [4.78, 5) is 17.1. The number of benzene rings is 1. The molecule has 0 aromatic heterocycles. The fourth-order valence-electron chi connectivity index (χ4n) is 3.49. The second-order valence-corrected chi connectivity index (χ2v) is 6.86. The Hall–Kier alpha value is -2.24. The Bertz CT molecular complexity index is 832. The molecule has 6 heteroatoms. The average molecular weight is 356 g/mol. The molecule has 1 fully saturated rings. The predicted octanol–water partition coefficient (Wildman–Crippen LogP) is 2.60. The van der Waals surface area contributed by atoms with Crippen LogP contribution in [0.4, 0.5) is 5.69 Å². The number of nitrogens with zero attached hydrogens (tertiary/aromatic N) is 2. The van der Waals surface area contributed by atoms with Gasteiger partial charge in [-0.3, -0.25) is 4.79 Å². The molecule has 0 unspecified atom stereocenters. The van der Waals surface area contributed by atoms with Gasteiger partial charge in [0.1, 0.15) is 6.54 Å². The number of nitrogens with one attached hydrogen (secondary N) is 2. The highest BCUT2D eigenvalue weighted by Crippen LogP contribution is 2.27. The lowest BCUT2D eigenvalue weighted by Crippen LogP contribution is -2.35. The molecule has 0 aliphatic carbocycles. The fourth-order valence-corrected chi connectivity index (χ4v) is 3.68. The predicted molar refractivity (Wildman–Crippen MR) is 100 cm³/mol. The van der Waals surface area contributed by atoms with E-state index in [0.29, 0.717) is 22.3 Å². The lowest BCUT2D eigenvalue weighted by Gasteiger charge is -2.26. The molecule has 1 saturated heterocycles. The van der Waals surface area contributed by atoms with Gasteiger partial charge in [0.2, 0.25) is 5.71 Å². The van der Waals surface area contributed by atoms with Crippen molar-refractivity contribution in [3.05, 3.63) is 52.8 Å². The second-order valence-electron chi connectivity index (χ2n) is 6.45. The minimum absolute atomic E-state index is 0.188. The van der Waals surface area contributed by atoms with Crippen LogP contribution in [0.3, 0.4) is 0 Å². The van der Waals surface area contributed by atoms with Crippen LogP contribution < -0.4 is 10.6 Å². The number of carbonyl (C=O) groups is 1. The Balaban J connectivity index is 1.55. The van der Waals surface area contributed by atoms with Crippen molar-refractivity contribution in [2.45, 2.75) is 12.8 Å². The van der Waals surface area contributed by atoms with Crippen LogP contribution in [0.15, 0.2) is 52.8 Å². The van der Waals surface area contributed by atoms with Crippen molar-refractivity contribution in [1.82, 2.24) is 5.32 Å². The summed E-state index contributed by atoms with van der Waals surface area (Å²) >= 11 is 6.14. The van der Waals surface area contributed by atoms with Gasteiger partial charge < -0.3 is 10.6 Å². The highest BCUT2D eigenvalue weighted by atomic mass is 35.5. The van der Waals surface area contributed by atoms with Gasteiger partial charge in [-0.25, -0.2) is 4.58 Å². The maximum absolute atomic E-state index is 12.7. The van der Waals surface area contributed by atoms with Crippen LogP contribution in [-0.4, -0.2) is 42.0 Å². The fraction of sp³-hybridized carbons (Fsp3) is 0.316. The summed E-state index contributed by atoms with van der Waals surface area (Å²) in [5.41, 5.74) is 2.54. The number of anilines is 1. The average Bonchev–Trinajstić information content (AvgIpc) is 3.07. The van der Waals surface area contributed by atoms with Gasteiger partial charge in [0, 0.05) is 6.08 Å². The van der Waals surface area contributed by atoms with Gasteiger partial charge in [-0.05, 0) is 54.5 Å². The molecule has 1 aromatic rings. The van der Waals surface area contributed by atoms with Crippen LogP contribution in [0.1, 0.15) is 12.8 Å². The normalized spacial score (nSPS) is 20.2. The number of piperidine rings is 1. The highest BCUT2D eigenvalue weighted by Gasteiger charge is 2.33. The molecule has 3 aliphatic rings. The van der Waals surface area contributed by atoms with Crippen molar-refractivity contribution in [1.29, 1.82) is 0 Å². The number of hydrogen-bond donors (Lipinski definition) is 2. The highest BCUT2D eigenvalue weighted by molar-refractivity contribution is 6.62. The summed E-state index contributed by atoms with van der Waals surface area (Å²) in [5, 5.41) is 6.80. The topological polar surface area (TPSA) is 56.5 Å². The number of fused-ring (bicyclic) bond motifs is 1. The number of amides is 1. The number of rotatable bonds is 3. The Morgan fingerprint density at radius 3 is 2.84 bits per heavy atom. The molecule has 2 N–H and O–H groups in total. The van der Waals surface area contributed by atoms with Gasteiger partial charge in [0.25, 0.3) is 5.91 Å². The van der Waals surface area contributed by atoms with Crippen molar-refractivity contribution < 1.29 is 9.37 Å². The number of allylic oxidation sites excluding steroid dienone is 2. The molecule has 25 heavy (non-hydrogen) atoms. The zero-order chi connectivity index (χ0) is 17.2. The van der Waals surface area contributed by atoms with Crippen LogP contribution in [0.25, 0.3) is 0 Å². The first-order valence-electron chi connectivity index (χ1n) is 8.58. The third-order valence-electron chi connectivity index (χ3n) is 4.89. The van der Waals surface area contributed by atoms with Crippen LogP contribution in [-0.2, 0) is 4.79 Å². The maximum Gasteiger partial charge on any atom is 0.324 e. The number of aliphatic imine (C=N–C) groups is 1. The summed E-state index contributed by atoms with van der Waals surface area (Å²) < 4.78 is 1.99. The molecule has 5 nitrogen and oxygen atoms in total. The number of carbonyl (C=O) groups excluding carboxylic acids is 1. The summed E-state index contributed by atoms with van der Waals surface area (Å²) in [5.74, 6) is 1.21. The van der Waals surface area contributed by atoms with Crippen LogP contribution in [0.5, 0.6) is 0 Å². The van der Waals surface area contributed by atoms with Gasteiger partial charge in [0.15, 0.2) is 6.21 Å². The standard InChI is InChI=1S/C19H19ClN4O/c20-15-3-1-2-4-16(15)23-19(25)17-11-22-18-6-5-14(12-24(17)18)13-7-9-21-10-8-13/h1-6,11,13,21H,7-10,12H2/p+1. The first kappa shape index (κ1) is 16.2. The largest absolute Gasteiger partial charge is 0.324 e. The van der Waals surface area contributed by atoms with Crippen molar-refractivity contribution in [2.75, 3.05) is 25.0 Å². The third kappa shape index (κ3) is 3.30. The molecule has 0 bridgehead atoms. The van der Waals surface area contributed by atoms with E-state index in [2.05, 4.69) is 21.7 Å². The zero-order valence-corrected chi connectivity index (χ0v) is 14.6. The summed E-state index contributed by atoms with van der Waals surface area (Å²) in [6.45, 7) is 2.83. The molecular formula is C19H20ClN4O+. The summed E-state index contributed by atoms with van der Waals surface area (Å²) in [6, 6.07) is 7.23. The van der Waals surface area contributed by atoms with Crippen LogP contribution in [0.2, 0.25) is 5.02 Å².